The van der Waals surface area contributed by atoms with Gasteiger partial charge < -0.3 is 15.5 Å². The number of piperazine rings is 1. The normalized spacial score (nSPS) is 23.2. The summed E-state index contributed by atoms with van der Waals surface area (Å²) in [6.45, 7) is 2.23. The molecule has 1 aliphatic heterocycles. The van der Waals surface area contributed by atoms with Gasteiger partial charge in [-0.05, 0) is 43.5 Å². The van der Waals surface area contributed by atoms with Gasteiger partial charge >= 0.3 is 0 Å². The van der Waals surface area contributed by atoms with E-state index in [0.29, 0.717) is 12.6 Å². The second kappa shape index (κ2) is 5.79. The van der Waals surface area contributed by atoms with Crippen LogP contribution in [0.15, 0.2) is 24.3 Å². The maximum Gasteiger partial charge on any atom is 0.239 e. The van der Waals surface area contributed by atoms with Crippen LogP contribution in [0.2, 0.25) is 0 Å². The van der Waals surface area contributed by atoms with Gasteiger partial charge in [0.05, 0.1) is 0 Å². The molecule has 2 fully saturated rings. The Balaban J connectivity index is 1.60. The standard InChI is InChI=1S/C15H20FN3O/c16-11-4-6-13(7-5-11)19-9-8-17-14(10-19)15(20)18-12-2-1-3-12/h4-7,12,14,17H,1-3,8-10H2,(H,18,20)/t14-/m1/s1. The Kier molecular flexibility index (Phi) is 3.87. The van der Waals surface area contributed by atoms with Crippen LogP contribution < -0.4 is 15.5 Å². The van der Waals surface area contributed by atoms with E-state index in [2.05, 4.69) is 15.5 Å². The van der Waals surface area contributed by atoms with E-state index in [4.69, 9.17) is 0 Å². The maximum absolute atomic E-state index is 13.0. The first kappa shape index (κ1) is 13.4. The average molecular weight is 277 g/mol. The molecule has 0 aromatic heterocycles. The molecule has 2 N–H and O–H groups in total. The molecule has 108 valence electrons. The second-order valence-corrected chi connectivity index (χ2v) is 5.57. The van der Waals surface area contributed by atoms with Crippen LogP contribution in [0.1, 0.15) is 19.3 Å². The molecule has 1 aliphatic carbocycles. The van der Waals surface area contributed by atoms with E-state index in [1.54, 1.807) is 12.1 Å². The van der Waals surface area contributed by atoms with Gasteiger partial charge in [-0.2, -0.15) is 0 Å². The second-order valence-electron chi connectivity index (χ2n) is 5.57. The predicted molar refractivity (Wildman–Crippen MR) is 76.2 cm³/mol. The van der Waals surface area contributed by atoms with Gasteiger partial charge in [0.15, 0.2) is 0 Å². The van der Waals surface area contributed by atoms with E-state index in [-0.39, 0.29) is 17.8 Å². The van der Waals surface area contributed by atoms with Crippen LogP contribution >= 0.6 is 0 Å². The van der Waals surface area contributed by atoms with E-state index >= 15 is 0 Å². The number of carbonyl (C=O) groups excluding carboxylic acids is 1. The lowest BCUT2D eigenvalue weighted by molar-refractivity contribution is -0.124. The molecule has 20 heavy (non-hydrogen) atoms. The molecule has 1 saturated carbocycles. The van der Waals surface area contributed by atoms with Crippen molar-refractivity contribution >= 4 is 11.6 Å². The van der Waals surface area contributed by atoms with E-state index in [9.17, 15) is 9.18 Å². The number of anilines is 1. The van der Waals surface area contributed by atoms with Crippen LogP contribution in [0.5, 0.6) is 0 Å². The number of rotatable bonds is 3. The molecule has 1 aromatic carbocycles. The summed E-state index contributed by atoms with van der Waals surface area (Å²) < 4.78 is 13.0. The Morgan fingerprint density at radius 2 is 2.05 bits per heavy atom. The number of halogens is 1. The number of benzene rings is 1. The highest BCUT2D eigenvalue weighted by Gasteiger charge is 2.28. The van der Waals surface area contributed by atoms with Gasteiger partial charge in [-0.25, -0.2) is 4.39 Å². The summed E-state index contributed by atoms with van der Waals surface area (Å²) in [7, 11) is 0. The van der Waals surface area contributed by atoms with Crippen LogP contribution in [-0.2, 0) is 4.79 Å². The van der Waals surface area contributed by atoms with E-state index < -0.39 is 0 Å². The fraction of sp³-hybridized carbons (Fsp3) is 0.533. The molecule has 0 radical (unpaired) electrons. The highest BCUT2D eigenvalue weighted by molar-refractivity contribution is 5.83. The molecule has 5 heteroatoms. The molecule has 1 heterocycles. The zero-order valence-electron chi connectivity index (χ0n) is 11.4. The van der Waals surface area contributed by atoms with Gasteiger partial charge in [-0.1, -0.05) is 0 Å². The lowest BCUT2D eigenvalue weighted by Crippen LogP contribution is -2.59. The minimum atomic E-state index is -0.233. The molecular weight excluding hydrogens is 257 g/mol. The summed E-state index contributed by atoms with van der Waals surface area (Å²) in [6.07, 6.45) is 3.41. The Morgan fingerprint density at radius 3 is 2.70 bits per heavy atom. The topological polar surface area (TPSA) is 44.4 Å². The lowest BCUT2D eigenvalue weighted by Gasteiger charge is -2.36. The molecule has 1 amide bonds. The van der Waals surface area contributed by atoms with Crippen LogP contribution in [0.3, 0.4) is 0 Å². The molecule has 0 bridgehead atoms. The molecule has 1 aromatic rings. The minimum absolute atomic E-state index is 0.0847. The third-order valence-corrected chi connectivity index (χ3v) is 4.14. The predicted octanol–water partition coefficient (Wildman–Crippen LogP) is 1.27. The lowest BCUT2D eigenvalue weighted by atomic mass is 9.93. The SMILES string of the molecule is O=C(NC1CCC1)[C@H]1CN(c2ccc(F)cc2)CCN1. The third-order valence-electron chi connectivity index (χ3n) is 4.14. The van der Waals surface area contributed by atoms with Crippen molar-refractivity contribution in [3.63, 3.8) is 0 Å². The Morgan fingerprint density at radius 1 is 1.30 bits per heavy atom. The van der Waals surface area contributed by atoms with E-state index in [1.807, 2.05) is 0 Å². The fourth-order valence-electron chi connectivity index (χ4n) is 2.67. The number of nitrogens with one attached hydrogen (secondary N) is 2. The van der Waals surface area contributed by atoms with Crippen LogP contribution in [0.25, 0.3) is 0 Å². The molecule has 2 aliphatic rings. The van der Waals surface area contributed by atoms with Crippen molar-refractivity contribution in [1.29, 1.82) is 0 Å². The summed E-state index contributed by atoms with van der Waals surface area (Å²) in [5, 5.41) is 6.33. The van der Waals surface area contributed by atoms with Gasteiger partial charge in [0.2, 0.25) is 5.91 Å². The Bertz CT molecular complexity index is 473. The van der Waals surface area contributed by atoms with Crippen molar-refractivity contribution in [2.75, 3.05) is 24.5 Å². The van der Waals surface area contributed by atoms with Gasteiger partial charge in [-0.3, -0.25) is 4.79 Å². The first-order valence-corrected chi connectivity index (χ1v) is 7.26. The highest BCUT2D eigenvalue weighted by Crippen LogP contribution is 2.19. The van der Waals surface area contributed by atoms with Crippen molar-refractivity contribution in [3.05, 3.63) is 30.1 Å². The molecule has 3 rings (SSSR count). The molecule has 0 spiro atoms. The summed E-state index contributed by atoms with van der Waals surface area (Å²) in [6, 6.07) is 6.63. The number of nitrogens with zero attached hydrogens (tertiary/aromatic N) is 1. The summed E-state index contributed by atoms with van der Waals surface area (Å²) in [5.74, 6) is -0.148. The number of amides is 1. The van der Waals surface area contributed by atoms with Crippen molar-refractivity contribution in [3.8, 4) is 0 Å². The molecular formula is C15H20FN3O. The fourth-order valence-corrected chi connectivity index (χ4v) is 2.67. The van der Waals surface area contributed by atoms with Crippen molar-refractivity contribution in [2.45, 2.75) is 31.3 Å². The Labute approximate surface area is 118 Å². The summed E-state index contributed by atoms with van der Waals surface area (Å²) >= 11 is 0. The Hall–Kier alpha value is -1.62. The largest absolute Gasteiger partial charge is 0.368 e. The zero-order valence-corrected chi connectivity index (χ0v) is 11.4. The number of hydrogen-bond donors (Lipinski definition) is 2. The maximum atomic E-state index is 13.0. The van der Waals surface area contributed by atoms with Crippen molar-refractivity contribution in [1.82, 2.24) is 10.6 Å². The number of carbonyl (C=O) groups is 1. The first-order valence-electron chi connectivity index (χ1n) is 7.26. The number of hydrogen-bond acceptors (Lipinski definition) is 3. The summed E-state index contributed by atoms with van der Waals surface area (Å²) in [4.78, 5) is 14.3. The highest BCUT2D eigenvalue weighted by atomic mass is 19.1. The molecule has 1 saturated heterocycles. The average Bonchev–Trinajstić information content (AvgIpc) is 2.43. The molecule has 0 unspecified atom stereocenters. The third kappa shape index (κ3) is 2.93. The zero-order chi connectivity index (χ0) is 13.9. The van der Waals surface area contributed by atoms with Gasteiger partial charge in [-0.15, -0.1) is 0 Å². The van der Waals surface area contributed by atoms with Gasteiger partial charge in [0.25, 0.3) is 0 Å². The molecule has 4 nitrogen and oxygen atoms in total. The monoisotopic (exact) mass is 277 g/mol. The van der Waals surface area contributed by atoms with Gasteiger partial charge in [0, 0.05) is 31.4 Å². The van der Waals surface area contributed by atoms with Gasteiger partial charge in [0.1, 0.15) is 11.9 Å². The summed E-state index contributed by atoms with van der Waals surface area (Å²) in [5.41, 5.74) is 0.967. The smallest absolute Gasteiger partial charge is 0.239 e. The van der Waals surface area contributed by atoms with Crippen LogP contribution in [0, 0.1) is 5.82 Å². The van der Waals surface area contributed by atoms with E-state index in [0.717, 1.165) is 31.6 Å². The van der Waals surface area contributed by atoms with Crippen LogP contribution in [0.4, 0.5) is 10.1 Å². The van der Waals surface area contributed by atoms with Crippen LogP contribution in [-0.4, -0.2) is 37.6 Å². The first-order chi connectivity index (χ1) is 9.72. The van der Waals surface area contributed by atoms with E-state index in [1.165, 1.54) is 18.6 Å². The quantitative estimate of drug-likeness (QED) is 0.874. The van der Waals surface area contributed by atoms with Crippen molar-refractivity contribution < 1.29 is 9.18 Å². The molecule has 1 atom stereocenters. The minimum Gasteiger partial charge on any atom is -0.368 e. The van der Waals surface area contributed by atoms with Crippen molar-refractivity contribution in [2.24, 2.45) is 0 Å².